The van der Waals surface area contributed by atoms with Crippen LogP contribution < -0.4 is 5.06 Å². The van der Waals surface area contributed by atoms with Gasteiger partial charge in [-0.3, -0.25) is 5.21 Å². The Morgan fingerprint density at radius 1 is 1.11 bits per heavy atom. The second-order valence-corrected chi connectivity index (χ2v) is 4.61. The Morgan fingerprint density at radius 2 is 1.84 bits per heavy atom. The summed E-state index contributed by atoms with van der Waals surface area (Å²) >= 11 is 0. The lowest BCUT2D eigenvalue weighted by Crippen LogP contribution is -2.35. The Kier molecular flexibility index (Phi) is 2.72. The standard InChI is InChI=1S/C15H13NO3/c17-15(18)14-9-12-8-11(6-7-13(12)16(14)19)10-4-2-1-3-5-10/h1-8,14,19H,9H2,(H,17,18). The SMILES string of the molecule is O=C(O)C1Cc2cc(-c3ccccc3)ccc2N1O. The van der Waals surface area contributed by atoms with E-state index in [9.17, 15) is 10.0 Å². The molecule has 4 heteroatoms. The molecule has 1 aliphatic rings. The lowest BCUT2D eigenvalue weighted by Gasteiger charge is -2.15. The number of hydrogen-bond acceptors (Lipinski definition) is 3. The van der Waals surface area contributed by atoms with Crippen LogP contribution in [0.2, 0.25) is 0 Å². The summed E-state index contributed by atoms with van der Waals surface area (Å²) in [6.45, 7) is 0. The average Bonchev–Trinajstić information content (AvgIpc) is 2.77. The first-order valence-electron chi connectivity index (χ1n) is 6.06. The average molecular weight is 255 g/mol. The van der Waals surface area contributed by atoms with E-state index < -0.39 is 12.0 Å². The molecule has 0 fully saturated rings. The van der Waals surface area contributed by atoms with E-state index in [0.717, 1.165) is 21.8 Å². The van der Waals surface area contributed by atoms with Crippen molar-refractivity contribution >= 4 is 11.7 Å². The molecule has 1 unspecified atom stereocenters. The summed E-state index contributed by atoms with van der Waals surface area (Å²) in [6.07, 6.45) is 0.321. The second kappa shape index (κ2) is 4.40. The Balaban J connectivity index is 2.00. The van der Waals surface area contributed by atoms with Crippen LogP contribution in [-0.4, -0.2) is 22.3 Å². The quantitative estimate of drug-likeness (QED) is 0.865. The molecule has 1 heterocycles. The van der Waals surface area contributed by atoms with E-state index in [2.05, 4.69) is 0 Å². The van der Waals surface area contributed by atoms with Crippen LogP contribution in [0.1, 0.15) is 5.56 Å². The van der Waals surface area contributed by atoms with Crippen molar-refractivity contribution in [3.05, 3.63) is 54.1 Å². The number of carbonyl (C=O) groups is 1. The predicted octanol–water partition coefficient (Wildman–Crippen LogP) is 2.56. The first kappa shape index (κ1) is 11.7. The third-order valence-corrected chi connectivity index (χ3v) is 3.43. The summed E-state index contributed by atoms with van der Waals surface area (Å²) in [5.41, 5.74) is 3.54. The minimum Gasteiger partial charge on any atom is -0.480 e. The van der Waals surface area contributed by atoms with Gasteiger partial charge in [-0.05, 0) is 28.8 Å². The fourth-order valence-electron chi connectivity index (χ4n) is 2.44. The highest BCUT2D eigenvalue weighted by atomic mass is 16.5. The van der Waals surface area contributed by atoms with E-state index in [1.54, 1.807) is 6.07 Å². The zero-order valence-corrected chi connectivity index (χ0v) is 10.2. The number of nitrogens with zero attached hydrogens (tertiary/aromatic N) is 1. The van der Waals surface area contributed by atoms with Gasteiger partial charge < -0.3 is 5.11 Å². The number of hydroxylamine groups is 1. The molecule has 1 atom stereocenters. The molecule has 4 nitrogen and oxygen atoms in total. The number of carboxylic acid groups (broad SMARTS) is 1. The molecular weight excluding hydrogens is 242 g/mol. The molecule has 0 spiro atoms. The molecule has 0 aromatic heterocycles. The monoisotopic (exact) mass is 255 g/mol. The van der Waals surface area contributed by atoms with Crippen LogP contribution in [0.4, 0.5) is 5.69 Å². The zero-order valence-electron chi connectivity index (χ0n) is 10.2. The van der Waals surface area contributed by atoms with Crippen LogP contribution in [0.3, 0.4) is 0 Å². The molecule has 2 N–H and O–H groups in total. The van der Waals surface area contributed by atoms with Crippen molar-refractivity contribution in [2.24, 2.45) is 0 Å². The summed E-state index contributed by atoms with van der Waals surface area (Å²) in [7, 11) is 0. The molecule has 96 valence electrons. The first-order chi connectivity index (χ1) is 9.16. The number of benzene rings is 2. The van der Waals surface area contributed by atoms with Crippen LogP contribution in [0.25, 0.3) is 11.1 Å². The fourth-order valence-corrected chi connectivity index (χ4v) is 2.44. The summed E-state index contributed by atoms with van der Waals surface area (Å²) in [6, 6.07) is 14.6. The van der Waals surface area contributed by atoms with Gasteiger partial charge in [0.1, 0.15) is 0 Å². The summed E-state index contributed by atoms with van der Waals surface area (Å²) < 4.78 is 0. The van der Waals surface area contributed by atoms with E-state index in [1.807, 2.05) is 42.5 Å². The van der Waals surface area contributed by atoms with E-state index in [1.165, 1.54) is 0 Å². The summed E-state index contributed by atoms with van der Waals surface area (Å²) in [4.78, 5) is 11.0. The third kappa shape index (κ3) is 1.96. The molecule has 0 amide bonds. The van der Waals surface area contributed by atoms with Gasteiger partial charge >= 0.3 is 5.97 Å². The Bertz CT molecular complexity index is 625. The first-order valence-corrected chi connectivity index (χ1v) is 6.06. The molecule has 0 saturated carbocycles. The molecule has 1 aliphatic heterocycles. The van der Waals surface area contributed by atoms with Crippen molar-refractivity contribution in [2.45, 2.75) is 12.5 Å². The maximum Gasteiger partial charge on any atom is 0.329 e. The highest BCUT2D eigenvalue weighted by Crippen LogP contribution is 2.34. The molecule has 0 radical (unpaired) electrons. The molecule has 0 aliphatic carbocycles. The van der Waals surface area contributed by atoms with E-state index >= 15 is 0 Å². The van der Waals surface area contributed by atoms with E-state index in [-0.39, 0.29) is 0 Å². The van der Waals surface area contributed by atoms with Gasteiger partial charge in [0, 0.05) is 6.42 Å². The highest BCUT2D eigenvalue weighted by molar-refractivity contribution is 5.82. The molecule has 2 aromatic rings. The lowest BCUT2D eigenvalue weighted by atomic mass is 10.0. The Morgan fingerprint density at radius 3 is 2.53 bits per heavy atom. The Hall–Kier alpha value is -2.33. The number of fused-ring (bicyclic) bond motifs is 1. The number of aliphatic carboxylic acids is 1. The maximum atomic E-state index is 11.0. The number of carboxylic acids is 1. The van der Waals surface area contributed by atoms with Crippen LogP contribution >= 0.6 is 0 Å². The smallest absolute Gasteiger partial charge is 0.329 e. The normalized spacial score (nSPS) is 17.3. The second-order valence-electron chi connectivity index (χ2n) is 4.61. The highest BCUT2D eigenvalue weighted by Gasteiger charge is 2.33. The minimum absolute atomic E-state index is 0.321. The van der Waals surface area contributed by atoms with Gasteiger partial charge in [-0.1, -0.05) is 36.4 Å². The van der Waals surface area contributed by atoms with Gasteiger partial charge in [-0.2, -0.15) is 0 Å². The van der Waals surface area contributed by atoms with Crippen LogP contribution in [0.5, 0.6) is 0 Å². The van der Waals surface area contributed by atoms with Crippen molar-refractivity contribution in [3.8, 4) is 11.1 Å². The van der Waals surface area contributed by atoms with Gasteiger partial charge in [-0.15, -0.1) is 0 Å². The topological polar surface area (TPSA) is 60.8 Å². The number of rotatable bonds is 2. The predicted molar refractivity (Wildman–Crippen MR) is 71.3 cm³/mol. The molecule has 0 bridgehead atoms. The third-order valence-electron chi connectivity index (χ3n) is 3.43. The number of hydrogen-bond donors (Lipinski definition) is 2. The Labute approximate surface area is 110 Å². The van der Waals surface area contributed by atoms with Crippen molar-refractivity contribution in [1.82, 2.24) is 0 Å². The summed E-state index contributed by atoms with van der Waals surface area (Å²) in [5, 5.41) is 19.7. The molecule has 0 saturated heterocycles. The van der Waals surface area contributed by atoms with E-state index in [0.29, 0.717) is 12.1 Å². The van der Waals surface area contributed by atoms with Gasteiger partial charge in [-0.25, -0.2) is 9.86 Å². The maximum absolute atomic E-state index is 11.0. The van der Waals surface area contributed by atoms with E-state index in [4.69, 9.17) is 5.11 Å². The minimum atomic E-state index is -1.01. The van der Waals surface area contributed by atoms with Crippen LogP contribution in [-0.2, 0) is 11.2 Å². The van der Waals surface area contributed by atoms with Crippen molar-refractivity contribution < 1.29 is 15.1 Å². The van der Waals surface area contributed by atoms with Crippen LogP contribution in [0, 0.1) is 0 Å². The largest absolute Gasteiger partial charge is 0.480 e. The molecule has 2 aromatic carbocycles. The number of anilines is 1. The summed E-state index contributed by atoms with van der Waals surface area (Å²) in [5.74, 6) is -1.01. The van der Waals surface area contributed by atoms with Crippen molar-refractivity contribution in [2.75, 3.05) is 5.06 Å². The van der Waals surface area contributed by atoms with Crippen LogP contribution in [0.15, 0.2) is 48.5 Å². The zero-order chi connectivity index (χ0) is 13.4. The molecule has 19 heavy (non-hydrogen) atoms. The molecular formula is C15H13NO3. The van der Waals surface area contributed by atoms with Gasteiger partial charge in [0.2, 0.25) is 0 Å². The molecule has 3 rings (SSSR count). The fraction of sp³-hybridized carbons (Fsp3) is 0.133. The van der Waals surface area contributed by atoms with Gasteiger partial charge in [0.25, 0.3) is 0 Å². The van der Waals surface area contributed by atoms with Gasteiger partial charge in [0.05, 0.1) is 5.69 Å². The lowest BCUT2D eigenvalue weighted by molar-refractivity contribution is -0.139. The van der Waals surface area contributed by atoms with Crippen molar-refractivity contribution in [1.29, 1.82) is 0 Å². The van der Waals surface area contributed by atoms with Gasteiger partial charge in [0.15, 0.2) is 6.04 Å². The van der Waals surface area contributed by atoms with Crippen molar-refractivity contribution in [3.63, 3.8) is 0 Å².